The predicted molar refractivity (Wildman–Crippen MR) is 76.0 cm³/mol. The maximum absolute atomic E-state index is 12.6. The molecule has 0 aromatic rings. The molecule has 2 rings (SSSR count). The van der Waals surface area contributed by atoms with Crippen LogP contribution in [-0.4, -0.2) is 60.1 Å². The Balaban J connectivity index is 1.87. The summed E-state index contributed by atoms with van der Waals surface area (Å²) < 4.78 is 5.68. The molecule has 0 aromatic carbocycles. The van der Waals surface area contributed by atoms with Gasteiger partial charge < -0.3 is 9.64 Å². The van der Waals surface area contributed by atoms with Crippen LogP contribution < -0.4 is 0 Å². The van der Waals surface area contributed by atoms with Gasteiger partial charge in [-0.25, -0.2) is 0 Å². The van der Waals surface area contributed by atoms with E-state index in [1.807, 2.05) is 25.7 Å². The lowest BCUT2D eigenvalue weighted by molar-refractivity contribution is -0.149. The molecule has 20 heavy (non-hydrogen) atoms. The summed E-state index contributed by atoms with van der Waals surface area (Å²) in [5.41, 5.74) is 0. The van der Waals surface area contributed by atoms with E-state index < -0.39 is 0 Å². The summed E-state index contributed by atoms with van der Waals surface area (Å²) in [5, 5.41) is 8.94. The summed E-state index contributed by atoms with van der Waals surface area (Å²) in [7, 11) is 0. The molecule has 5 nitrogen and oxygen atoms in total. The van der Waals surface area contributed by atoms with Crippen LogP contribution in [0, 0.1) is 17.2 Å². The molecule has 2 heterocycles. The van der Waals surface area contributed by atoms with Crippen molar-refractivity contribution in [3.05, 3.63) is 0 Å². The minimum absolute atomic E-state index is 0.0468. The Morgan fingerprint density at radius 1 is 1.25 bits per heavy atom. The van der Waals surface area contributed by atoms with E-state index in [4.69, 9.17) is 10.00 Å². The Hall–Kier alpha value is -1.12. The molecule has 3 atom stereocenters. The minimum Gasteiger partial charge on any atom is -0.372 e. The van der Waals surface area contributed by atoms with Crippen LogP contribution in [0.4, 0.5) is 0 Å². The molecule has 2 aliphatic heterocycles. The molecule has 0 spiro atoms. The number of ether oxygens (including phenoxy) is 1. The van der Waals surface area contributed by atoms with E-state index in [-0.39, 0.29) is 30.1 Å². The maximum Gasteiger partial charge on any atom is 0.225 e. The molecule has 0 aliphatic carbocycles. The van der Waals surface area contributed by atoms with Crippen LogP contribution in [0.1, 0.15) is 33.6 Å². The first kappa shape index (κ1) is 15.3. The van der Waals surface area contributed by atoms with Crippen LogP contribution in [0.3, 0.4) is 0 Å². The first-order valence-corrected chi connectivity index (χ1v) is 7.59. The molecule has 0 radical (unpaired) electrons. The highest BCUT2D eigenvalue weighted by atomic mass is 16.5. The number of morpholine rings is 1. The summed E-state index contributed by atoms with van der Waals surface area (Å²) in [6.45, 7) is 9.07. The fourth-order valence-corrected chi connectivity index (χ4v) is 3.23. The number of carbonyl (C=O) groups excluding carboxylic acids is 1. The first-order valence-electron chi connectivity index (χ1n) is 7.59. The maximum atomic E-state index is 12.6. The monoisotopic (exact) mass is 279 g/mol. The Bertz CT molecular complexity index is 375. The van der Waals surface area contributed by atoms with Gasteiger partial charge in [-0.1, -0.05) is 0 Å². The van der Waals surface area contributed by atoms with Crippen LogP contribution in [0.5, 0.6) is 0 Å². The molecule has 5 heteroatoms. The number of nitrogens with zero attached hydrogens (tertiary/aromatic N) is 3. The van der Waals surface area contributed by atoms with E-state index in [1.165, 1.54) is 0 Å². The zero-order chi connectivity index (χ0) is 14.7. The molecule has 2 fully saturated rings. The average molecular weight is 279 g/mol. The Morgan fingerprint density at radius 3 is 2.30 bits per heavy atom. The van der Waals surface area contributed by atoms with E-state index >= 15 is 0 Å². The SMILES string of the molecule is C[C@@H]1CN(C(=O)C2CCN([C@@H](C)C#N)CC2)C[C@@H](C)O1. The lowest BCUT2D eigenvalue weighted by atomic mass is 9.94. The van der Waals surface area contributed by atoms with Crippen LogP contribution in [0.15, 0.2) is 0 Å². The number of amides is 1. The lowest BCUT2D eigenvalue weighted by Crippen LogP contribution is -2.51. The quantitative estimate of drug-likeness (QED) is 0.763. The van der Waals surface area contributed by atoms with Crippen molar-refractivity contribution in [2.24, 2.45) is 5.92 Å². The van der Waals surface area contributed by atoms with Gasteiger partial charge in [-0.3, -0.25) is 9.69 Å². The smallest absolute Gasteiger partial charge is 0.225 e. The zero-order valence-electron chi connectivity index (χ0n) is 12.7. The van der Waals surface area contributed by atoms with Crippen molar-refractivity contribution in [3.63, 3.8) is 0 Å². The summed E-state index contributed by atoms with van der Waals surface area (Å²) in [5.74, 6) is 0.394. The number of carbonyl (C=O) groups is 1. The Kier molecular flexibility index (Phi) is 5.00. The van der Waals surface area contributed by atoms with Crippen molar-refractivity contribution >= 4 is 5.91 Å². The van der Waals surface area contributed by atoms with Gasteiger partial charge in [0.05, 0.1) is 24.3 Å². The van der Waals surface area contributed by atoms with Crippen molar-refractivity contribution in [3.8, 4) is 6.07 Å². The second kappa shape index (κ2) is 6.55. The Labute approximate surface area is 121 Å². The van der Waals surface area contributed by atoms with Crippen LogP contribution >= 0.6 is 0 Å². The van der Waals surface area contributed by atoms with E-state index in [1.54, 1.807) is 0 Å². The number of nitriles is 1. The highest BCUT2D eigenvalue weighted by Gasteiger charge is 2.33. The summed E-state index contributed by atoms with van der Waals surface area (Å²) in [4.78, 5) is 16.7. The van der Waals surface area contributed by atoms with E-state index in [9.17, 15) is 4.79 Å². The molecule has 2 aliphatic rings. The van der Waals surface area contributed by atoms with Gasteiger partial charge in [0.15, 0.2) is 0 Å². The van der Waals surface area contributed by atoms with Crippen molar-refractivity contribution in [2.45, 2.75) is 51.9 Å². The Morgan fingerprint density at radius 2 is 1.80 bits per heavy atom. The third-order valence-electron chi connectivity index (χ3n) is 4.34. The molecular formula is C15H25N3O2. The number of rotatable bonds is 2. The molecule has 112 valence electrons. The third-order valence-corrected chi connectivity index (χ3v) is 4.34. The number of piperidine rings is 1. The normalized spacial score (nSPS) is 30.8. The van der Waals surface area contributed by atoms with Gasteiger partial charge in [0.1, 0.15) is 0 Å². The molecule has 0 saturated carbocycles. The fraction of sp³-hybridized carbons (Fsp3) is 0.867. The third kappa shape index (κ3) is 3.50. The van der Waals surface area contributed by atoms with Gasteiger partial charge >= 0.3 is 0 Å². The second-order valence-electron chi connectivity index (χ2n) is 6.12. The largest absolute Gasteiger partial charge is 0.372 e. The predicted octanol–water partition coefficient (Wildman–Crippen LogP) is 1.25. The number of likely N-dealkylation sites (tertiary alicyclic amines) is 1. The molecule has 0 unspecified atom stereocenters. The summed E-state index contributed by atoms with van der Waals surface area (Å²) in [6, 6.07) is 2.22. The number of hydrogen-bond donors (Lipinski definition) is 0. The molecule has 1 amide bonds. The van der Waals surface area contributed by atoms with E-state index in [2.05, 4.69) is 11.0 Å². The van der Waals surface area contributed by atoms with Crippen LogP contribution in [0.2, 0.25) is 0 Å². The van der Waals surface area contributed by atoms with E-state index in [0.29, 0.717) is 13.1 Å². The standard InChI is InChI=1S/C15H25N3O2/c1-11(8-16)17-6-4-14(5-7-17)15(19)18-9-12(2)20-13(3)10-18/h11-14H,4-7,9-10H2,1-3H3/t11-,12+,13+/m0/s1. The van der Waals surface area contributed by atoms with Crippen LogP contribution in [0.25, 0.3) is 0 Å². The molecule has 0 aromatic heterocycles. The summed E-state index contributed by atoms with van der Waals surface area (Å²) in [6.07, 6.45) is 1.98. The van der Waals surface area contributed by atoms with Crippen molar-refractivity contribution in [1.29, 1.82) is 5.26 Å². The fourth-order valence-electron chi connectivity index (χ4n) is 3.23. The number of hydrogen-bond acceptors (Lipinski definition) is 4. The van der Waals surface area contributed by atoms with Gasteiger partial charge in [0.25, 0.3) is 0 Å². The van der Waals surface area contributed by atoms with Gasteiger partial charge in [0, 0.05) is 32.1 Å². The van der Waals surface area contributed by atoms with Crippen LogP contribution in [-0.2, 0) is 9.53 Å². The van der Waals surface area contributed by atoms with Crippen molar-refractivity contribution in [2.75, 3.05) is 26.2 Å². The summed E-state index contributed by atoms with van der Waals surface area (Å²) >= 11 is 0. The molecule has 2 saturated heterocycles. The molecule has 0 bridgehead atoms. The zero-order valence-corrected chi connectivity index (χ0v) is 12.7. The van der Waals surface area contributed by atoms with Gasteiger partial charge in [-0.05, 0) is 33.6 Å². The second-order valence-corrected chi connectivity index (χ2v) is 6.12. The van der Waals surface area contributed by atoms with E-state index in [0.717, 1.165) is 25.9 Å². The molecular weight excluding hydrogens is 254 g/mol. The highest BCUT2D eigenvalue weighted by molar-refractivity contribution is 5.79. The van der Waals surface area contributed by atoms with Gasteiger partial charge in [0.2, 0.25) is 5.91 Å². The highest BCUT2D eigenvalue weighted by Crippen LogP contribution is 2.23. The minimum atomic E-state index is -0.0468. The first-order chi connectivity index (χ1) is 9.51. The van der Waals surface area contributed by atoms with Crippen molar-refractivity contribution < 1.29 is 9.53 Å². The van der Waals surface area contributed by atoms with Crippen molar-refractivity contribution in [1.82, 2.24) is 9.80 Å². The lowest BCUT2D eigenvalue weighted by Gasteiger charge is -2.39. The van der Waals surface area contributed by atoms with Gasteiger partial charge in [-0.2, -0.15) is 5.26 Å². The molecule has 0 N–H and O–H groups in total. The van der Waals surface area contributed by atoms with Gasteiger partial charge in [-0.15, -0.1) is 0 Å². The topological polar surface area (TPSA) is 56.6 Å². The average Bonchev–Trinajstić information content (AvgIpc) is 2.45.